The lowest BCUT2D eigenvalue weighted by molar-refractivity contribution is 0.451. The van der Waals surface area contributed by atoms with Crippen LogP contribution in [0.5, 0.6) is 0 Å². The Morgan fingerprint density at radius 2 is 2.25 bits per heavy atom. The van der Waals surface area contributed by atoms with E-state index in [4.69, 9.17) is 5.26 Å². The topological polar surface area (TPSA) is 73.2 Å². The summed E-state index contributed by atoms with van der Waals surface area (Å²) < 4.78 is 26.7. The van der Waals surface area contributed by atoms with Gasteiger partial charge in [-0.3, -0.25) is 0 Å². The highest BCUT2D eigenvalue weighted by molar-refractivity contribution is 7.89. The highest BCUT2D eigenvalue weighted by atomic mass is 32.2. The molecule has 0 aromatic heterocycles. The summed E-state index contributed by atoms with van der Waals surface area (Å²) in [5.74, 6) is 0.370. The average molecular weight is 293 g/mol. The van der Waals surface area contributed by atoms with Crippen LogP contribution in [0.15, 0.2) is 23.1 Å². The van der Waals surface area contributed by atoms with E-state index in [0.717, 1.165) is 13.0 Å². The molecule has 1 aromatic carbocycles. The molecule has 0 radical (unpaired) electrons. The van der Waals surface area contributed by atoms with Crippen molar-refractivity contribution in [2.24, 2.45) is 5.92 Å². The number of benzene rings is 1. The first-order valence-corrected chi connectivity index (χ1v) is 8.08. The molecular formula is C14H19N3O2S. The predicted molar refractivity (Wildman–Crippen MR) is 76.7 cm³/mol. The quantitative estimate of drug-likeness (QED) is 0.902. The van der Waals surface area contributed by atoms with Gasteiger partial charge in [0.1, 0.15) is 0 Å². The SMILES string of the molecule is CNCC1CCN(S(=O)(=O)c2ccc(C#N)c(C)c2)C1. The number of hydrogen-bond donors (Lipinski definition) is 1. The highest BCUT2D eigenvalue weighted by Gasteiger charge is 2.32. The summed E-state index contributed by atoms with van der Waals surface area (Å²) in [7, 11) is -1.57. The molecule has 108 valence electrons. The molecule has 2 rings (SSSR count). The lowest BCUT2D eigenvalue weighted by Crippen LogP contribution is -2.30. The second-order valence-corrected chi connectivity index (χ2v) is 7.10. The van der Waals surface area contributed by atoms with Gasteiger partial charge in [-0.1, -0.05) is 0 Å². The molecule has 1 aromatic rings. The van der Waals surface area contributed by atoms with E-state index in [1.165, 1.54) is 10.4 Å². The number of nitrogens with one attached hydrogen (secondary N) is 1. The summed E-state index contributed by atoms with van der Waals surface area (Å²) in [5.41, 5.74) is 1.21. The second-order valence-electron chi connectivity index (χ2n) is 5.16. The molecule has 1 aliphatic rings. The van der Waals surface area contributed by atoms with Gasteiger partial charge in [-0.15, -0.1) is 0 Å². The molecule has 0 saturated carbocycles. The Hall–Kier alpha value is -1.42. The Labute approximate surface area is 120 Å². The first kappa shape index (κ1) is 15.0. The third-order valence-corrected chi connectivity index (χ3v) is 5.56. The summed E-state index contributed by atoms with van der Waals surface area (Å²) in [6, 6.07) is 6.73. The van der Waals surface area contributed by atoms with Crippen molar-refractivity contribution in [2.45, 2.75) is 18.2 Å². The maximum Gasteiger partial charge on any atom is 0.243 e. The third kappa shape index (κ3) is 2.85. The molecule has 0 spiro atoms. The van der Waals surface area contributed by atoms with Crippen molar-refractivity contribution in [3.8, 4) is 6.07 Å². The van der Waals surface area contributed by atoms with Gasteiger partial charge in [0, 0.05) is 13.1 Å². The minimum atomic E-state index is -3.44. The Kier molecular flexibility index (Phi) is 4.43. The van der Waals surface area contributed by atoms with E-state index in [-0.39, 0.29) is 4.90 Å². The largest absolute Gasteiger partial charge is 0.319 e. The van der Waals surface area contributed by atoms with Crippen molar-refractivity contribution in [1.82, 2.24) is 9.62 Å². The molecule has 5 nitrogen and oxygen atoms in total. The van der Waals surface area contributed by atoms with E-state index in [1.807, 2.05) is 7.05 Å². The molecule has 1 unspecified atom stereocenters. The minimum absolute atomic E-state index is 0.277. The van der Waals surface area contributed by atoms with Crippen molar-refractivity contribution >= 4 is 10.0 Å². The number of sulfonamides is 1. The third-order valence-electron chi connectivity index (χ3n) is 3.70. The summed E-state index contributed by atoms with van der Waals surface area (Å²) >= 11 is 0. The van der Waals surface area contributed by atoms with Crippen LogP contribution >= 0.6 is 0 Å². The second kappa shape index (κ2) is 5.92. The molecular weight excluding hydrogens is 274 g/mol. The van der Waals surface area contributed by atoms with Gasteiger partial charge >= 0.3 is 0 Å². The van der Waals surface area contributed by atoms with Gasteiger partial charge in [-0.25, -0.2) is 8.42 Å². The van der Waals surface area contributed by atoms with Crippen LogP contribution in [0.25, 0.3) is 0 Å². The lowest BCUT2D eigenvalue weighted by atomic mass is 10.1. The van der Waals surface area contributed by atoms with Gasteiger partial charge in [0.2, 0.25) is 10.0 Å². The molecule has 1 N–H and O–H groups in total. The lowest BCUT2D eigenvalue weighted by Gasteiger charge is -2.17. The van der Waals surface area contributed by atoms with Crippen LogP contribution in [0.4, 0.5) is 0 Å². The highest BCUT2D eigenvalue weighted by Crippen LogP contribution is 2.25. The molecule has 0 bridgehead atoms. The number of nitrogens with zero attached hydrogens (tertiary/aromatic N) is 2. The Morgan fingerprint density at radius 1 is 1.50 bits per heavy atom. The number of aryl methyl sites for hydroxylation is 1. The smallest absolute Gasteiger partial charge is 0.243 e. The fraction of sp³-hybridized carbons (Fsp3) is 0.500. The van der Waals surface area contributed by atoms with Crippen LogP contribution in [0, 0.1) is 24.2 Å². The monoisotopic (exact) mass is 293 g/mol. The zero-order chi connectivity index (χ0) is 14.8. The van der Waals surface area contributed by atoms with Crippen molar-refractivity contribution in [2.75, 3.05) is 26.7 Å². The maximum absolute atomic E-state index is 12.6. The number of rotatable bonds is 4. The van der Waals surface area contributed by atoms with Crippen LogP contribution in [-0.4, -0.2) is 39.4 Å². The normalized spacial score (nSPS) is 19.9. The first-order valence-electron chi connectivity index (χ1n) is 6.64. The predicted octanol–water partition coefficient (Wildman–Crippen LogP) is 1.10. The fourth-order valence-electron chi connectivity index (χ4n) is 2.54. The van der Waals surface area contributed by atoms with Crippen molar-refractivity contribution in [1.29, 1.82) is 5.26 Å². The maximum atomic E-state index is 12.6. The van der Waals surface area contributed by atoms with Crippen molar-refractivity contribution in [3.63, 3.8) is 0 Å². The number of hydrogen-bond acceptors (Lipinski definition) is 4. The molecule has 0 aliphatic carbocycles. The summed E-state index contributed by atoms with van der Waals surface area (Å²) in [5, 5.41) is 12.0. The van der Waals surface area contributed by atoms with Crippen molar-refractivity contribution in [3.05, 3.63) is 29.3 Å². The zero-order valence-electron chi connectivity index (χ0n) is 11.8. The molecule has 20 heavy (non-hydrogen) atoms. The fourth-order valence-corrected chi connectivity index (χ4v) is 4.16. The van der Waals surface area contributed by atoms with Gasteiger partial charge in [0.05, 0.1) is 16.5 Å². The summed E-state index contributed by atoms with van der Waals surface area (Å²) in [6.45, 7) is 3.71. The standard InChI is InChI=1S/C14H19N3O2S/c1-11-7-14(4-3-13(11)8-15)20(18,19)17-6-5-12(10-17)9-16-2/h3-4,7,12,16H,5-6,9-10H2,1-2H3. The molecule has 1 aliphatic heterocycles. The molecule has 1 fully saturated rings. The van der Waals surface area contributed by atoms with Crippen LogP contribution in [0.1, 0.15) is 17.5 Å². The van der Waals surface area contributed by atoms with Crippen molar-refractivity contribution < 1.29 is 8.42 Å². The van der Waals surface area contributed by atoms with E-state index < -0.39 is 10.0 Å². The van der Waals surface area contributed by atoms with Gasteiger partial charge in [-0.2, -0.15) is 9.57 Å². The summed E-state index contributed by atoms with van der Waals surface area (Å²) in [6.07, 6.45) is 0.884. The molecule has 1 saturated heterocycles. The first-order chi connectivity index (χ1) is 9.48. The van der Waals surface area contributed by atoms with E-state index in [9.17, 15) is 8.42 Å². The Bertz CT molecular complexity index is 634. The van der Waals surface area contributed by atoms with Gasteiger partial charge in [0.15, 0.2) is 0 Å². The number of nitriles is 1. The Morgan fingerprint density at radius 3 is 2.85 bits per heavy atom. The van der Waals surface area contributed by atoms with Gasteiger partial charge in [-0.05, 0) is 56.6 Å². The Balaban J connectivity index is 2.23. The van der Waals surface area contributed by atoms with Crippen LogP contribution < -0.4 is 5.32 Å². The average Bonchev–Trinajstić information content (AvgIpc) is 2.88. The zero-order valence-corrected chi connectivity index (χ0v) is 12.6. The minimum Gasteiger partial charge on any atom is -0.319 e. The molecule has 6 heteroatoms. The molecule has 1 heterocycles. The molecule has 1 atom stereocenters. The van der Waals surface area contributed by atoms with E-state index >= 15 is 0 Å². The summed E-state index contributed by atoms with van der Waals surface area (Å²) in [4.78, 5) is 0.277. The van der Waals surface area contributed by atoms with Crippen LogP contribution in [0.2, 0.25) is 0 Å². The van der Waals surface area contributed by atoms with Gasteiger partial charge in [0.25, 0.3) is 0 Å². The van der Waals surface area contributed by atoms with E-state index in [1.54, 1.807) is 19.1 Å². The molecule has 0 amide bonds. The van der Waals surface area contributed by atoms with Gasteiger partial charge < -0.3 is 5.32 Å². The van der Waals surface area contributed by atoms with Crippen LogP contribution in [0.3, 0.4) is 0 Å². The van der Waals surface area contributed by atoms with Crippen LogP contribution in [-0.2, 0) is 10.0 Å². The van der Waals surface area contributed by atoms with E-state index in [0.29, 0.717) is 30.1 Å². The van der Waals surface area contributed by atoms with E-state index in [2.05, 4.69) is 11.4 Å².